The van der Waals surface area contributed by atoms with Crippen molar-refractivity contribution in [1.82, 2.24) is 4.98 Å². The van der Waals surface area contributed by atoms with Gasteiger partial charge < -0.3 is 5.32 Å². The van der Waals surface area contributed by atoms with E-state index in [0.29, 0.717) is 17.4 Å². The summed E-state index contributed by atoms with van der Waals surface area (Å²) in [6, 6.07) is 9.41. The van der Waals surface area contributed by atoms with Crippen LogP contribution in [0.1, 0.15) is 10.4 Å². The molecular weight excluding hydrogens is 306 g/mol. The van der Waals surface area contributed by atoms with E-state index in [0.717, 1.165) is 0 Å². The van der Waals surface area contributed by atoms with Crippen LogP contribution in [0.4, 0.5) is 14.5 Å². The maximum absolute atomic E-state index is 12.4. The second-order valence-electron chi connectivity index (χ2n) is 3.67. The zero-order valence-corrected chi connectivity index (χ0v) is 11.6. The monoisotopic (exact) mass is 314 g/mol. The molecule has 1 amide bonds. The number of nitrogens with one attached hydrogen (secondary N) is 1. The van der Waals surface area contributed by atoms with Crippen molar-refractivity contribution >= 4 is 35.0 Å². The molecule has 0 atom stereocenters. The average molecular weight is 315 g/mol. The summed E-state index contributed by atoms with van der Waals surface area (Å²) in [6.07, 6.45) is 1.46. The molecule has 0 saturated heterocycles. The maximum Gasteiger partial charge on any atom is 0.288 e. The van der Waals surface area contributed by atoms with E-state index in [1.165, 1.54) is 18.3 Å². The van der Waals surface area contributed by atoms with Crippen LogP contribution < -0.4 is 5.32 Å². The molecule has 0 fully saturated rings. The molecular formula is C13H9ClF2N2OS. The minimum Gasteiger partial charge on any atom is -0.321 e. The Bertz CT molecular complexity index is 625. The van der Waals surface area contributed by atoms with Crippen molar-refractivity contribution in [3.8, 4) is 0 Å². The third-order valence-electron chi connectivity index (χ3n) is 2.36. The Morgan fingerprint density at radius 3 is 2.70 bits per heavy atom. The van der Waals surface area contributed by atoms with E-state index in [2.05, 4.69) is 10.3 Å². The molecule has 0 aliphatic carbocycles. The number of nitrogens with zero attached hydrogens (tertiary/aromatic N) is 1. The van der Waals surface area contributed by atoms with Crippen LogP contribution in [0.3, 0.4) is 0 Å². The van der Waals surface area contributed by atoms with E-state index in [1.54, 1.807) is 24.3 Å². The van der Waals surface area contributed by atoms with E-state index in [4.69, 9.17) is 11.6 Å². The van der Waals surface area contributed by atoms with Crippen LogP contribution >= 0.6 is 23.4 Å². The molecule has 0 saturated carbocycles. The summed E-state index contributed by atoms with van der Waals surface area (Å²) < 4.78 is 24.9. The fourth-order valence-corrected chi connectivity index (χ4v) is 2.31. The summed E-state index contributed by atoms with van der Waals surface area (Å²) in [5, 5.41) is 2.61. The van der Waals surface area contributed by atoms with E-state index < -0.39 is 11.7 Å². The standard InChI is InChI=1S/C13H9ClF2N2OS/c14-11-8(4-3-7-17-11)12(19)18-9-5-1-2-6-10(9)20-13(15)16/h1-7,13H,(H,18,19). The van der Waals surface area contributed by atoms with Crippen molar-refractivity contribution in [1.29, 1.82) is 0 Å². The van der Waals surface area contributed by atoms with Gasteiger partial charge in [0.2, 0.25) is 0 Å². The molecule has 0 unspecified atom stereocenters. The number of para-hydroxylation sites is 1. The van der Waals surface area contributed by atoms with Gasteiger partial charge in [-0.25, -0.2) is 4.98 Å². The number of thioether (sulfide) groups is 1. The second-order valence-corrected chi connectivity index (χ2v) is 5.06. The number of hydrogen-bond acceptors (Lipinski definition) is 3. The number of alkyl halides is 2. The Labute approximate surface area is 123 Å². The van der Waals surface area contributed by atoms with Gasteiger partial charge in [-0.2, -0.15) is 8.78 Å². The van der Waals surface area contributed by atoms with Crippen molar-refractivity contribution < 1.29 is 13.6 Å². The van der Waals surface area contributed by atoms with Crippen LogP contribution in [0.15, 0.2) is 47.5 Å². The Morgan fingerprint density at radius 2 is 2.00 bits per heavy atom. The van der Waals surface area contributed by atoms with Crippen molar-refractivity contribution in [3.05, 3.63) is 53.3 Å². The number of carbonyl (C=O) groups excluding carboxylic acids is 1. The van der Waals surface area contributed by atoms with Crippen LogP contribution in [0.2, 0.25) is 5.15 Å². The molecule has 7 heteroatoms. The lowest BCUT2D eigenvalue weighted by atomic mass is 10.2. The van der Waals surface area contributed by atoms with Crippen LogP contribution in [-0.2, 0) is 0 Å². The molecule has 0 radical (unpaired) electrons. The second kappa shape index (κ2) is 6.67. The molecule has 0 bridgehead atoms. The average Bonchev–Trinajstić information content (AvgIpc) is 2.41. The SMILES string of the molecule is O=C(Nc1ccccc1SC(F)F)c1cccnc1Cl. The largest absolute Gasteiger partial charge is 0.321 e. The lowest BCUT2D eigenvalue weighted by molar-refractivity contribution is 0.102. The summed E-state index contributed by atoms with van der Waals surface area (Å²) in [6.45, 7) is 0. The molecule has 1 N–H and O–H groups in total. The summed E-state index contributed by atoms with van der Waals surface area (Å²) in [5.74, 6) is -3.06. The van der Waals surface area contributed by atoms with Gasteiger partial charge in [-0.3, -0.25) is 4.79 Å². The third kappa shape index (κ3) is 3.68. The molecule has 104 valence electrons. The number of halogens is 3. The van der Waals surface area contributed by atoms with Gasteiger partial charge in [0.05, 0.1) is 11.3 Å². The van der Waals surface area contributed by atoms with Gasteiger partial charge >= 0.3 is 0 Å². The Balaban J connectivity index is 2.22. The number of rotatable bonds is 4. The van der Waals surface area contributed by atoms with Crippen molar-refractivity contribution in [2.75, 3.05) is 5.32 Å². The molecule has 3 nitrogen and oxygen atoms in total. The van der Waals surface area contributed by atoms with Crippen molar-refractivity contribution in [2.24, 2.45) is 0 Å². The first-order chi connectivity index (χ1) is 9.58. The first-order valence-electron chi connectivity index (χ1n) is 5.53. The lowest BCUT2D eigenvalue weighted by Crippen LogP contribution is -2.13. The predicted molar refractivity (Wildman–Crippen MR) is 75.5 cm³/mol. The Hall–Kier alpha value is -1.66. The van der Waals surface area contributed by atoms with Gasteiger partial charge in [0, 0.05) is 11.1 Å². The quantitative estimate of drug-likeness (QED) is 0.675. The topological polar surface area (TPSA) is 42.0 Å². The molecule has 1 heterocycles. The van der Waals surface area contributed by atoms with Gasteiger partial charge in [0.25, 0.3) is 11.7 Å². The minimum atomic E-state index is -2.56. The van der Waals surface area contributed by atoms with Crippen LogP contribution in [0, 0.1) is 0 Å². The molecule has 0 spiro atoms. The summed E-state index contributed by atoms with van der Waals surface area (Å²) in [5.41, 5.74) is 0.494. The van der Waals surface area contributed by atoms with Gasteiger partial charge in [-0.1, -0.05) is 35.5 Å². The third-order valence-corrected chi connectivity index (χ3v) is 3.44. The summed E-state index contributed by atoms with van der Waals surface area (Å²) in [4.78, 5) is 16.1. The highest BCUT2D eigenvalue weighted by molar-refractivity contribution is 7.99. The zero-order valence-electron chi connectivity index (χ0n) is 10.0. The van der Waals surface area contributed by atoms with Gasteiger partial charge in [0.15, 0.2) is 0 Å². The molecule has 2 rings (SSSR count). The van der Waals surface area contributed by atoms with Crippen LogP contribution in [0.5, 0.6) is 0 Å². The maximum atomic E-state index is 12.4. The Kier molecular flexibility index (Phi) is 4.92. The molecule has 0 aliphatic rings. The summed E-state index contributed by atoms with van der Waals surface area (Å²) >= 11 is 6.18. The van der Waals surface area contributed by atoms with E-state index in [1.807, 2.05) is 0 Å². The smallest absolute Gasteiger partial charge is 0.288 e. The highest BCUT2D eigenvalue weighted by Crippen LogP contribution is 2.32. The van der Waals surface area contributed by atoms with Crippen molar-refractivity contribution in [3.63, 3.8) is 0 Å². The Morgan fingerprint density at radius 1 is 1.25 bits per heavy atom. The molecule has 1 aromatic heterocycles. The van der Waals surface area contributed by atoms with Gasteiger partial charge in [-0.05, 0) is 24.3 Å². The van der Waals surface area contributed by atoms with Crippen LogP contribution in [-0.4, -0.2) is 16.6 Å². The number of carbonyl (C=O) groups is 1. The fraction of sp³-hybridized carbons (Fsp3) is 0.0769. The number of benzene rings is 1. The highest BCUT2D eigenvalue weighted by Gasteiger charge is 2.14. The lowest BCUT2D eigenvalue weighted by Gasteiger charge is -2.10. The molecule has 2 aromatic rings. The first kappa shape index (κ1) is 14.7. The van der Waals surface area contributed by atoms with Gasteiger partial charge in [-0.15, -0.1) is 0 Å². The molecule has 1 aromatic carbocycles. The van der Waals surface area contributed by atoms with Gasteiger partial charge in [0.1, 0.15) is 5.15 Å². The minimum absolute atomic E-state index is 0.0593. The zero-order chi connectivity index (χ0) is 14.5. The fourth-order valence-electron chi connectivity index (χ4n) is 1.51. The predicted octanol–water partition coefficient (Wildman–Crippen LogP) is 4.30. The first-order valence-corrected chi connectivity index (χ1v) is 6.79. The van der Waals surface area contributed by atoms with E-state index in [9.17, 15) is 13.6 Å². The number of amides is 1. The highest BCUT2D eigenvalue weighted by atomic mass is 35.5. The van der Waals surface area contributed by atoms with E-state index in [-0.39, 0.29) is 15.6 Å². The number of hydrogen-bond donors (Lipinski definition) is 1. The molecule has 20 heavy (non-hydrogen) atoms. The molecule has 0 aliphatic heterocycles. The van der Waals surface area contributed by atoms with E-state index >= 15 is 0 Å². The number of pyridine rings is 1. The van der Waals surface area contributed by atoms with Crippen molar-refractivity contribution in [2.45, 2.75) is 10.7 Å². The van der Waals surface area contributed by atoms with Crippen LogP contribution in [0.25, 0.3) is 0 Å². The normalized spacial score (nSPS) is 10.6. The number of aromatic nitrogens is 1. The number of anilines is 1. The summed E-state index contributed by atoms with van der Waals surface area (Å²) in [7, 11) is 0.